The maximum Gasteiger partial charge on any atom is 0.411 e. The van der Waals surface area contributed by atoms with Gasteiger partial charge in [0.15, 0.2) is 11.6 Å². The fourth-order valence-electron chi connectivity index (χ4n) is 1.76. The second-order valence-corrected chi connectivity index (χ2v) is 4.36. The summed E-state index contributed by atoms with van der Waals surface area (Å²) in [6.45, 7) is 2.14. The first-order valence-electron chi connectivity index (χ1n) is 6.28. The average Bonchev–Trinajstić information content (AvgIpc) is 2.91. The van der Waals surface area contributed by atoms with Gasteiger partial charge in [-0.25, -0.2) is 9.18 Å². The molecule has 0 atom stereocenters. The van der Waals surface area contributed by atoms with Crippen LogP contribution in [0.1, 0.15) is 12.5 Å². The van der Waals surface area contributed by atoms with Crippen LogP contribution < -0.4 is 10.0 Å². The van der Waals surface area contributed by atoms with Crippen LogP contribution in [0.4, 0.5) is 20.7 Å². The SMILES string of the molecule is CCOC(=O)Nc1cccc(Cn2ccc(NS)n2)c1F. The first-order valence-corrected chi connectivity index (χ1v) is 6.73. The van der Waals surface area contributed by atoms with Crippen molar-refractivity contribution in [3.05, 3.63) is 41.8 Å². The molecule has 1 aromatic heterocycles. The molecule has 2 aromatic rings. The molecule has 0 saturated heterocycles. The molecule has 0 radical (unpaired) electrons. The number of halogens is 1. The molecule has 0 aliphatic heterocycles. The van der Waals surface area contributed by atoms with Gasteiger partial charge in [-0.3, -0.25) is 10.00 Å². The van der Waals surface area contributed by atoms with E-state index >= 15 is 0 Å². The summed E-state index contributed by atoms with van der Waals surface area (Å²) >= 11 is 3.88. The predicted molar refractivity (Wildman–Crippen MR) is 81.0 cm³/mol. The van der Waals surface area contributed by atoms with Crippen molar-refractivity contribution >= 4 is 30.4 Å². The van der Waals surface area contributed by atoms with Gasteiger partial charge in [0.1, 0.15) is 0 Å². The van der Waals surface area contributed by atoms with Gasteiger partial charge in [0.25, 0.3) is 0 Å². The number of hydrogen-bond acceptors (Lipinski definition) is 5. The molecule has 0 saturated carbocycles. The minimum Gasteiger partial charge on any atom is -0.450 e. The van der Waals surface area contributed by atoms with Gasteiger partial charge < -0.3 is 9.46 Å². The number of anilines is 2. The molecule has 0 aliphatic rings. The van der Waals surface area contributed by atoms with E-state index in [1.807, 2.05) is 0 Å². The van der Waals surface area contributed by atoms with Crippen LogP contribution in [0.25, 0.3) is 0 Å². The monoisotopic (exact) mass is 310 g/mol. The third-order valence-corrected chi connectivity index (χ3v) is 2.91. The van der Waals surface area contributed by atoms with Gasteiger partial charge in [-0.2, -0.15) is 5.10 Å². The Morgan fingerprint density at radius 2 is 2.29 bits per heavy atom. The number of thiol groups is 1. The van der Waals surface area contributed by atoms with Crippen molar-refractivity contribution in [3.8, 4) is 0 Å². The molecule has 1 heterocycles. The maximum atomic E-state index is 14.3. The summed E-state index contributed by atoms with van der Waals surface area (Å²) in [4.78, 5) is 11.3. The molecule has 1 amide bonds. The van der Waals surface area contributed by atoms with Crippen LogP contribution in [-0.2, 0) is 11.3 Å². The Labute approximate surface area is 126 Å². The number of carbonyl (C=O) groups excluding carboxylic acids is 1. The van der Waals surface area contributed by atoms with Gasteiger partial charge in [0.05, 0.1) is 18.8 Å². The largest absolute Gasteiger partial charge is 0.450 e. The van der Waals surface area contributed by atoms with Crippen molar-refractivity contribution in [2.24, 2.45) is 0 Å². The molecule has 8 heteroatoms. The number of ether oxygens (including phenoxy) is 1. The first-order chi connectivity index (χ1) is 10.1. The lowest BCUT2D eigenvalue weighted by Gasteiger charge is -2.10. The number of amides is 1. The summed E-state index contributed by atoms with van der Waals surface area (Å²) in [7, 11) is 0. The molecular formula is C13H15FN4O2S. The Hall–Kier alpha value is -2.22. The van der Waals surface area contributed by atoms with E-state index in [1.54, 1.807) is 36.0 Å². The molecule has 2 rings (SSSR count). The molecule has 112 valence electrons. The van der Waals surface area contributed by atoms with Gasteiger partial charge in [-0.15, -0.1) is 0 Å². The fourth-order valence-corrected chi connectivity index (χ4v) is 1.88. The smallest absolute Gasteiger partial charge is 0.411 e. The summed E-state index contributed by atoms with van der Waals surface area (Å²) in [6.07, 6.45) is 1.01. The van der Waals surface area contributed by atoms with Crippen LogP contribution in [-0.4, -0.2) is 22.5 Å². The summed E-state index contributed by atoms with van der Waals surface area (Å²) in [5, 5.41) is 6.50. The van der Waals surface area contributed by atoms with Crippen LogP contribution in [0.3, 0.4) is 0 Å². The van der Waals surface area contributed by atoms with Crippen molar-refractivity contribution in [1.29, 1.82) is 0 Å². The molecule has 0 aliphatic carbocycles. The molecule has 1 aromatic carbocycles. The Bertz CT molecular complexity index is 632. The molecule has 0 fully saturated rings. The molecule has 2 N–H and O–H groups in total. The average molecular weight is 310 g/mol. The normalized spacial score (nSPS) is 10.2. The number of nitrogens with zero attached hydrogens (tertiary/aromatic N) is 2. The van der Waals surface area contributed by atoms with Crippen molar-refractivity contribution in [1.82, 2.24) is 9.78 Å². The lowest BCUT2D eigenvalue weighted by Crippen LogP contribution is -2.15. The molecule has 21 heavy (non-hydrogen) atoms. The van der Waals surface area contributed by atoms with E-state index in [9.17, 15) is 9.18 Å². The zero-order valence-electron chi connectivity index (χ0n) is 11.3. The third kappa shape index (κ3) is 3.88. The van der Waals surface area contributed by atoms with Gasteiger partial charge in [-0.05, 0) is 13.0 Å². The van der Waals surface area contributed by atoms with E-state index in [4.69, 9.17) is 4.74 Å². The van der Waals surface area contributed by atoms with Gasteiger partial charge in [0, 0.05) is 17.8 Å². The second kappa shape index (κ2) is 6.98. The Balaban J connectivity index is 2.15. The van der Waals surface area contributed by atoms with Crippen molar-refractivity contribution < 1.29 is 13.9 Å². The van der Waals surface area contributed by atoms with Gasteiger partial charge in [0.2, 0.25) is 0 Å². The van der Waals surface area contributed by atoms with Crippen molar-refractivity contribution in [2.75, 3.05) is 16.6 Å². The van der Waals surface area contributed by atoms with E-state index in [2.05, 4.69) is 28.0 Å². The van der Waals surface area contributed by atoms with Crippen LogP contribution in [0, 0.1) is 5.82 Å². The molecule has 0 spiro atoms. The van der Waals surface area contributed by atoms with Crippen LogP contribution in [0.5, 0.6) is 0 Å². The summed E-state index contributed by atoms with van der Waals surface area (Å²) in [6, 6.07) is 6.47. The lowest BCUT2D eigenvalue weighted by atomic mass is 10.2. The molecular weight excluding hydrogens is 295 g/mol. The van der Waals surface area contributed by atoms with E-state index in [0.717, 1.165) is 0 Å². The summed E-state index contributed by atoms with van der Waals surface area (Å²) < 4.78 is 23.2. The minimum absolute atomic E-state index is 0.0747. The highest BCUT2D eigenvalue weighted by molar-refractivity contribution is 7.81. The summed E-state index contributed by atoms with van der Waals surface area (Å²) in [5.41, 5.74) is 0.476. The standard InChI is InChI=1S/C13H15FN4O2S/c1-2-20-13(19)15-10-5-3-4-9(12(10)14)8-18-7-6-11(16-18)17-21/h3-7,21H,2,8H2,1H3,(H,15,19)(H,16,17). The van der Waals surface area contributed by atoms with Crippen LogP contribution >= 0.6 is 12.8 Å². The zero-order chi connectivity index (χ0) is 15.2. The number of benzene rings is 1. The number of rotatable bonds is 5. The lowest BCUT2D eigenvalue weighted by molar-refractivity contribution is 0.168. The zero-order valence-corrected chi connectivity index (χ0v) is 12.2. The van der Waals surface area contributed by atoms with Crippen molar-refractivity contribution in [3.63, 3.8) is 0 Å². The number of nitrogens with one attached hydrogen (secondary N) is 2. The minimum atomic E-state index is -0.686. The predicted octanol–water partition coefficient (Wildman–Crippen LogP) is 2.90. The number of aromatic nitrogens is 2. The van der Waals surface area contributed by atoms with Gasteiger partial charge in [-0.1, -0.05) is 24.9 Å². The first kappa shape index (κ1) is 15.2. The van der Waals surface area contributed by atoms with Crippen molar-refractivity contribution in [2.45, 2.75) is 13.5 Å². The Kier molecular flexibility index (Phi) is 5.04. The van der Waals surface area contributed by atoms with E-state index in [-0.39, 0.29) is 18.8 Å². The summed E-state index contributed by atoms with van der Waals surface area (Å²) in [5.74, 6) is 0.0565. The quantitative estimate of drug-likeness (QED) is 0.743. The maximum absolute atomic E-state index is 14.3. The number of carbonyl (C=O) groups is 1. The fraction of sp³-hybridized carbons (Fsp3) is 0.231. The van der Waals surface area contributed by atoms with Gasteiger partial charge >= 0.3 is 6.09 Å². The van der Waals surface area contributed by atoms with Crippen LogP contribution in [0.2, 0.25) is 0 Å². The topological polar surface area (TPSA) is 68.2 Å². The van der Waals surface area contributed by atoms with Crippen LogP contribution in [0.15, 0.2) is 30.5 Å². The Morgan fingerprint density at radius 1 is 1.48 bits per heavy atom. The highest BCUT2D eigenvalue weighted by atomic mass is 32.1. The molecule has 0 bridgehead atoms. The van der Waals surface area contributed by atoms with E-state index < -0.39 is 11.9 Å². The molecule has 6 nitrogen and oxygen atoms in total. The second-order valence-electron chi connectivity index (χ2n) is 4.13. The number of hydrogen-bond donors (Lipinski definition) is 3. The third-order valence-electron chi connectivity index (χ3n) is 2.68. The highest BCUT2D eigenvalue weighted by Gasteiger charge is 2.12. The highest BCUT2D eigenvalue weighted by Crippen LogP contribution is 2.19. The van der Waals surface area contributed by atoms with E-state index in [0.29, 0.717) is 11.4 Å². The molecule has 0 unspecified atom stereocenters. The Morgan fingerprint density at radius 3 is 2.95 bits per heavy atom. The van der Waals surface area contributed by atoms with E-state index in [1.165, 1.54) is 6.07 Å².